The molecule has 1 atom stereocenters. The summed E-state index contributed by atoms with van der Waals surface area (Å²) in [5.41, 5.74) is 3.51. The van der Waals surface area contributed by atoms with E-state index >= 15 is 0 Å². The van der Waals surface area contributed by atoms with Crippen molar-refractivity contribution in [3.05, 3.63) is 80.9 Å². The molecule has 3 heterocycles. The number of nitrogens with one attached hydrogen (secondary N) is 2. The molecule has 1 aliphatic rings. The van der Waals surface area contributed by atoms with Gasteiger partial charge in [-0.1, -0.05) is 54.1 Å². The van der Waals surface area contributed by atoms with Gasteiger partial charge in [0.1, 0.15) is 4.70 Å². The van der Waals surface area contributed by atoms with E-state index in [9.17, 15) is 9.59 Å². The van der Waals surface area contributed by atoms with Crippen molar-refractivity contribution in [2.45, 2.75) is 19.4 Å². The molecule has 0 bridgehead atoms. The standard InChI is InChI=1S/C25H23ClN4O2S/c26-19-10-4-6-16(12-19)13-27-23(31)18-9-5-11-30(14-18)25-28-21-20(17-7-2-1-3-8-17)15-33-22(21)24(32)29-25/h1-4,6-8,10,12,15,18H,5,9,11,13-14H2,(H,27,31)(H,28,29,32)/t18-/m1/s1. The van der Waals surface area contributed by atoms with Crippen LogP contribution in [-0.2, 0) is 11.3 Å². The number of amides is 1. The highest BCUT2D eigenvalue weighted by Gasteiger charge is 2.27. The summed E-state index contributed by atoms with van der Waals surface area (Å²) in [6.45, 7) is 1.70. The number of piperidine rings is 1. The summed E-state index contributed by atoms with van der Waals surface area (Å²) in [5.74, 6) is 0.356. The molecule has 33 heavy (non-hydrogen) atoms. The second-order valence-electron chi connectivity index (χ2n) is 8.22. The van der Waals surface area contributed by atoms with Crippen molar-refractivity contribution in [2.24, 2.45) is 5.92 Å². The summed E-state index contributed by atoms with van der Waals surface area (Å²) in [5, 5.41) is 5.65. The van der Waals surface area contributed by atoms with Gasteiger partial charge >= 0.3 is 0 Å². The molecule has 0 aliphatic carbocycles. The third-order valence-electron chi connectivity index (χ3n) is 5.95. The smallest absolute Gasteiger partial charge is 0.270 e. The van der Waals surface area contributed by atoms with Crippen molar-refractivity contribution < 1.29 is 4.79 Å². The second kappa shape index (κ2) is 9.37. The Morgan fingerprint density at radius 2 is 2.06 bits per heavy atom. The predicted molar refractivity (Wildman–Crippen MR) is 134 cm³/mol. The van der Waals surface area contributed by atoms with E-state index < -0.39 is 0 Å². The molecule has 168 valence electrons. The molecule has 1 fully saturated rings. The Bertz CT molecular complexity index is 1350. The van der Waals surface area contributed by atoms with Gasteiger partial charge in [-0.15, -0.1) is 11.3 Å². The number of aromatic amines is 1. The van der Waals surface area contributed by atoms with Crippen molar-refractivity contribution in [1.29, 1.82) is 0 Å². The first-order valence-corrected chi connectivity index (χ1v) is 12.2. The van der Waals surface area contributed by atoms with Crippen LogP contribution in [0.4, 0.5) is 5.95 Å². The number of hydrogen-bond donors (Lipinski definition) is 2. The second-order valence-corrected chi connectivity index (χ2v) is 9.53. The van der Waals surface area contributed by atoms with Gasteiger partial charge in [-0.3, -0.25) is 14.6 Å². The number of halogens is 1. The van der Waals surface area contributed by atoms with Crippen molar-refractivity contribution in [2.75, 3.05) is 18.0 Å². The first kappa shape index (κ1) is 21.7. The monoisotopic (exact) mass is 478 g/mol. The Morgan fingerprint density at radius 1 is 1.21 bits per heavy atom. The molecule has 0 spiro atoms. The van der Waals surface area contributed by atoms with Gasteiger partial charge in [0.05, 0.1) is 11.4 Å². The molecule has 0 unspecified atom stereocenters. The van der Waals surface area contributed by atoms with Crippen LogP contribution < -0.4 is 15.8 Å². The van der Waals surface area contributed by atoms with Gasteiger partial charge in [-0.25, -0.2) is 4.98 Å². The molecular formula is C25H23ClN4O2S. The van der Waals surface area contributed by atoms with Crippen molar-refractivity contribution in [3.63, 3.8) is 0 Å². The lowest BCUT2D eigenvalue weighted by atomic mass is 9.97. The Morgan fingerprint density at radius 3 is 2.88 bits per heavy atom. The van der Waals surface area contributed by atoms with E-state index in [2.05, 4.69) is 10.3 Å². The highest BCUT2D eigenvalue weighted by molar-refractivity contribution is 7.17. The quantitative estimate of drug-likeness (QED) is 0.430. The van der Waals surface area contributed by atoms with Crippen LogP contribution in [0.2, 0.25) is 5.02 Å². The van der Waals surface area contributed by atoms with Gasteiger partial charge in [0.25, 0.3) is 5.56 Å². The summed E-state index contributed by atoms with van der Waals surface area (Å²) < 4.78 is 0.616. The number of carbonyl (C=O) groups is 1. The Balaban J connectivity index is 1.35. The van der Waals surface area contributed by atoms with Gasteiger partial charge in [0.2, 0.25) is 11.9 Å². The SMILES string of the molecule is O=C(NCc1cccc(Cl)c1)[C@@H]1CCCN(c2nc3c(-c4ccccc4)csc3c(=O)[nH]2)C1. The highest BCUT2D eigenvalue weighted by atomic mass is 35.5. The predicted octanol–water partition coefficient (Wildman–Crippen LogP) is 4.84. The fourth-order valence-electron chi connectivity index (χ4n) is 4.25. The van der Waals surface area contributed by atoms with Crippen molar-refractivity contribution in [1.82, 2.24) is 15.3 Å². The average molecular weight is 479 g/mol. The summed E-state index contributed by atoms with van der Waals surface area (Å²) in [7, 11) is 0. The fraction of sp³-hybridized carbons (Fsp3) is 0.240. The number of carbonyl (C=O) groups excluding carboxylic acids is 1. The van der Waals surface area contributed by atoms with E-state index in [1.807, 2.05) is 64.9 Å². The minimum absolute atomic E-state index is 0.00334. The van der Waals surface area contributed by atoms with Crippen LogP contribution in [0.25, 0.3) is 21.3 Å². The van der Waals surface area contributed by atoms with Crippen molar-refractivity contribution in [3.8, 4) is 11.1 Å². The number of benzene rings is 2. The summed E-state index contributed by atoms with van der Waals surface area (Å²) >= 11 is 7.44. The van der Waals surface area contributed by atoms with E-state index in [0.29, 0.717) is 34.3 Å². The molecule has 8 heteroatoms. The number of fused-ring (bicyclic) bond motifs is 1. The highest BCUT2D eigenvalue weighted by Crippen LogP contribution is 2.32. The van der Waals surface area contributed by atoms with E-state index in [-0.39, 0.29) is 17.4 Å². The summed E-state index contributed by atoms with van der Waals surface area (Å²) in [6.07, 6.45) is 1.66. The van der Waals surface area contributed by atoms with E-state index in [1.165, 1.54) is 11.3 Å². The molecule has 0 saturated carbocycles. The van der Waals surface area contributed by atoms with Crippen molar-refractivity contribution >= 4 is 45.0 Å². The number of anilines is 1. The Hall–Kier alpha value is -3.16. The normalized spacial score (nSPS) is 16.2. The molecule has 2 aromatic carbocycles. The van der Waals surface area contributed by atoms with Gasteiger partial charge in [0, 0.05) is 35.6 Å². The third kappa shape index (κ3) is 4.65. The first-order valence-electron chi connectivity index (χ1n) is 10.9. The lowest BCUT2D eigenvalue weighted by molar-refractivity contribution is -0.125. The van der Waals surface area contributed by atoms with Crippen LogP contribution in [-0.4, -0.2) is 29.0 Å². The minimum atomic E-state index is -0.171. The molecule has 1 saturated heterocycles. The zero-order valence-electron chi connectivity index (χ0n) is 17.9. The summed E-state index contributed by atoms with van der Waals surface area (Å²) in [4.78, 5) is 35.4. The van der Waals surface area contributed by atoms with Gasteiger partial charge in [-0.05, 0) is 36.1 Å². The van der Waals surface area contributed by atoms with Gasteiger partial charge < -0.3 is 10.2 Å². The number of rotatable bonds is 5. The van der Waals surface area contributed by atoms with E-state index in [0.717, 1.165) is 36.1 Å². The number of aromatic nitrogens is 2. The average Bonchev–Trinajstić information content (AvgIpc) is 3.28. The zero-order valence-corrected chi connectivity index (χ0v) is 19.5. The number of nitrogens with zero attached hydrogens (tertiary/aromatic N) is 2. The number of hydrogen-bond acceptors (Lipinski definition) is 5. The van der Waals surface area contributed by atoms with Crippen LogP contribution in [0.5, 0.6) is 0 Å². The van der Waals surface area contributed by atoms with Crippen LogP contribution in [0.1, 0.15) is 18.4 Å². The summed E-state index contributed by atoms with van der Waals surface area (Å²) in [6, 6.07) is 17.4. The Kier molecular flexibility index (Phi) is 6.15. The fourth-order valence-corrected chi connectivity index (χ4v) is 5.37. The maximum atomic E-state index is 12.8. The molecule has 2 aromatic heterocycles. The number of H-pyrrole nitrogens is 1. The minimum Gasteiger partial charge on any atom is -0.352 e. The molecule has 0 radical (unpaired) electrons. The zero-order chi connectivity index (χ0) is 22.8. The topological polar surface area (TPSA) is 78.1 Å². The molecule has 4 aromatic rings. The molecular weight excluding hydrogens is 456 g/mol. The molecule has 5 rings (SSSR count). The largest absolute Gasteiger partial charge is 0.352 e. The van der Waals surface area contributed by atoms with Crippen LogP contribution in [0.15, 0.2) is 64.8 Å². The molecule has 2 N–H and O–H groups in total. The van der Waals surface area contributed by atoms with E-state index in [1.54, 1.807) is 0 Å². The molecule has 1 amide bonds. The van der Waals surface area contributed by atoms with Crippen LogP contribution in [0.3, 0.4) is 0 Å². The third-order valence-corrected chi connectivity index (χ3v) is 7.15. The van der Waals surface area contributed by atoms with Crippen LogP contribution in [0, 0.1) is 5.92 Å². The molecule has 1 aliphatic heterocycles. The lowest BCUT2D eigenvalue weighted by Gasteiger charge is -2.32. The first-order chi connectivity index (χ1) is 16.1. The number of thiophene rings is 1. The maximum Gasteiger partial charge on any atom is 0.270 e. The Labute approximate surface area is 200 Å². The van der Waals surface area contributed by atoms with E-state index in [4.69, 9.17) is 16.6 Å². The van der Waals surface area contributed by atoms with Gasteiger partial charge in [0.15, 0.2) is 0 Å². The molecule has 6 nitrogen and oxygen atoms in total. The lowest BCUT2D eigenvalue weighted by Crippen LogP contribution is -2.44. The maximum absolute atomic E-state index is 12.8. The van der Waals surface area contributed by atoms with Crippen LogP contribution >= 0.6 is 22.9 Å². The van der Waals surface area contributed by atoms with Gasteiger partial charge in [-0.2, -0.15) is 0 Å².